The highest BCUT2D eigenvalue weighted by molar-refractivity contribution is 5.69. The van der Waals surface area contributed by atoms with Crippen molar-refractivity contribution in [3.05, 3.63) is 33.2 Å². The Bertz CT molecular complexity index is 582. The molecule has 0 N–H and O–H groups in total. The van der Waals surface area contributed by atoms with Gasteiger partial charge in [0.05, 0.1) is 13.1 Å². The molecule has 5 heteroatoms. The molecular formula is C14H20N2O3. The molecule has 1 aliphatic heterocycles. The van der Waals surface area contributed by atoms with Crippen LogP contribution < -0.4 is 5.56 Å². The number of carbonyl (C=O) groups excluding carboxylic acids is 1. The van der Waals surface area contributed by atoms with Crippen molar-refractivity contribution < 1.29 is 9.53 Å². The lowest BCUT2D eigenvalue weighted by atomic mass is 10.2. The Hall–Kier alpha value is -1.78. The van der Waals surface area contributed by atoms with Gasteiger partial charge in [-0.3, -0.25) is 9.69 Å². The summed E-state index contributed by atoms with van der Waals surface area (Å²) in [6, 6.07) is 1.86. The van der Waals surface area contributed by atoms with E-state index in [1.165, 1.54) is 0 Å². The third-order valence-corrected chi connectivity index (χ3v) is 3.16. The number of carbonyl (C=O) groups is 1. The topological polar surface area (TPSA) is 51.5 Å². The lowest BCUT2D eigenvalue weighted by Crippen LogP contribution is -2.33. The number of pyridine rings is 1. The molecule has 104 valence electrons. The Morgan fingerprint density at radius 3 is 2.53 bits per heavy atom. The maximum Gasteiger partial charge on any atom is 0.410 e. The van der Waals surface area contributed by atoms with Gasteiger partial charge in [-0.25, -0.2) is 4.79 Å². The van der Waals surface area contributed by atoms with Crippen LogP contribution in [0.25, 0.3) is 0 Å². The Balaban J connectivity index is 2.24. The number of fused-ring (bicyclic) bond motifs is 1. The fourth-order valence-electron chi connectivity index (χ4n) is 2.25. The van der Waals surface area contributed by atoms with Gasteiger partial charge in [0.25, 0.3) is 5.56 Å². The van der Waals surface area contributed by atoms with E-state index in [0.29, 0.717) is 18.7 Å². The molecule has 0 saturated carbocycles. The summed E-state index contributed by atoms with van der Waals surface area (Å²) in [5.41, 5.74) is 2.09. The lowest BCUT2D eigenvalue weighted by molar-refractivity contribution is 0.0240. The highest BCUT2D eigenvalue weighted by Crippen LogP contribution is 2.23. The molecule has 0 saturated heterocycles. The van der Waals surface area contributed by atoms with Crippen LogP contribution in [-0.2, 0) is 24.9 Å². The molecule has 0 atom stereocenters. The van der Waals surface area contributed by atoms with E-state index in [-0.39, 0.29) is 11.7 Å². The largest absolute Gasteiger partial charge is 0.444 e. The minimum Gasteiger partial charge on any atom is -0.444 e. The minimum atomic E-state index is -0.506. The average Bonchev–Trinajstić information content (AvgIpc) is 2.68. The van der Waals surface area contributed by atoms with E-state index in [0.717, 1.165) is 11.3 Å². The normalized spacial score (nSPS) is 14.5. The van der Waals surface area contributed by atoms with E-state index in [1.54, 1.807) is 23.4 Å². The van der Waals surface area contributed by atoms with Crippen LogP contribution in [0.15, 0.2) is 10.9 Å². The number of hydrogen-bond acceptors (Lipinski definition) is 3. The molecule has 1 amide bonds. The zero-order valence-electron chi connectivity index (χ0n) is 12.1. The Morgan fingerprint density at radius 1 is 1.32 bits per heavy atom. The molecule has 0 unspecified atom stereocenters. The van der Waals surface area contributed by atoms with Crippen molar-refractivity contribution in [1.82, 2.24) is 9.47 Å². The summed E-state index contributed by atoms with van der Waals surface area (Å²) < 4.78 is 6.97. The third kappa shape index (κ3) is 2.64. The second-order valence-electron chi connectivity index (χ2n) is 6.00. The maximum absolute atomic E-state index is 12.0. The van der Waals surface area contributed by atoms with Gasteiger partial charge in [0.1, 0.15) is 5.60 Å². The summed E-state index contributed by atoms with van der Waals surface area (Å²) in [5, 5.41) is 0. The first-order valence-electron chi connectivity index (χ1n) is 6.35. The van der Waals surface area contributed by atoms with E-state index >= 15 is 0 Å². The molecule has 0 spiro atoms. The number of aromatic nitrogens is 1. The maximum atomic E-state index is 12.0. The van der Waals surface area contributed by atoms with Crippen LogP contribution in [0.1, 0.15) is 37.6 Å². The van der Waals surface area contributed by atoms with Crippen LogP contribution >= 0.6 is 0 Å². The minimum absolute atomic E-state index is 0.00945. The van der Waals surface area contributed by atoms with Gasteiger partial charge in [-0.05, 0) is 39.3 Å². The van der Waals surface area contributed by atoms with Gasteiger partial charge in [-0.15, -0.1) is 0 Å². The summed E-state index contributed by atoms with van der Waals surface area (Å²) >= 11 is 0. The van der Waals surface area contributed by atoms with Gasteiger partial charge >= 0.3 is 6.09 Å². The van der Waals surface area contributed by atoms with E-state index in [9.17, 15) is 9.59 Å². The molecule has 5 nitrogen and oxygen atoms in total. The van der Waals surface area contributed by atoms with Crippen LogP contribution in [0.5, 0.6) is 0 Å². The van der Waals surface area contributed by atoms with Crippen LogP contribution in [0.2, 0.25) is 0 Å². The molecule has 0 bridgehead atoms. The molecule has 1 aromatic rings. The van der Waals surface area contributed by atoms with Crippen molar-refractivity contribution >= 4 is 6.09 Å². The van der Waals surface area contributed by atoms with Gasteiger partial charge in [0.15, 0.2) is 0 Å². The van der Waals surface area contributed by atoms with Crippen molar-refractivity contribution in [1.29, 1.82) is 0 Å². The van der Waals surface area contributed by atoms with Crippen molar-refractivity contribution in [2.75, 3.05) is 0 Å². The second-order valence-corrected chi connectivity index (χ2v) is 6.00. The number of nitrogens with zero attached hydrogens (tertiary/aromatic N) is 2. The highest BCUT2D eigenvalue weighted by atomic mass is 16.6. The fraction of sp³-hybridized carbons (Fsp3) is 0.571. The third-order valence-electron chi connectivity index (χ3n) is 3.16. The Labute approximate surface area is 112 Å². The second kappa shape index (κ2) is 4.40. The monoisotopic (exact) mass is 264 g/mol. The number of rotatable bonds is 0. The SMILES string of the molecule is Cc1cc2c(n(C)c1=O)CN(C(=O)OC(C)(C)C)C2. The lowest BCUT2D eigenvalue weighted by Gasteiger charge is -2.24. The first-order chi connectivity index (χ1) is 8.69. The van der Waals surface area contributed by atoms with Gasteiger partial charge in [0, 0.05) is 18.3 Å². The summed E-state index contributed by atoms with van der Waals surface area (Å²) in [6.45, 7) is 8.24. The zero-order chi connectivity index (χ0) is 14.4. The Morgan fingerprint density at radius 2 is 1.95 bits per heavy atom. The first-order valence-corrected chi connectivity index (χ1v) is 6.35. The first kappa shape index (κ1) is 13.6. The van der Waals surface area contributed by atoms with Crippen LogP contribution in [0.4, 0.5) is 4.79 Å². The predicted octanol–water partition coefficient (Wildman–Crippen LogP) is 1.94. The molecule has 1 aromatic heterocycles. The molecule has 0 fully saturated rings. The highest BCUT2D eigenvalue weighted by Gasteiger charge is 2.29. The summed E-state index contributed by atoms with van der Waals surface area (Å²) in [4.78, 5) is 25.5. The van der Waals surface area contributed by atoms with Crippen molar-refractivity contribution in [3.63, 3.8) is 0 Å². The van der Waals surface area contributed by atoms with Crippen molar-refractivity contribution in [2.24, 2.45) is 7.05 Å². The van der Waals surface area contributed by atoms with Crippen LogP contribution in [-0.4, -0.2) is 21.2 Å². The molecule has 1 aliphatic rings. The molecule has 0 aromatic carbocycles. The molecule has 19 heavy (non-hydrogen) atoms. The van der Waals surface area contributed by atoms with Gasteiger partial charge < -0.3 is 9.30 Å². The smallest absolute Gasteiger partial charge is 0.410 e. The predicted molar refractivity (Wildman–Crippen MR) is 71.9 cm³/mol. The number of aryl methyl sites for hydroxylation is 1. The molecule has 2 heterocycles. The molecule has 0 aliphatic carbocycles. The van der Waals surface area contributed by atoms with Crippen LogP contribution in [0, 0.1) is 6.92 Å². The van der Waals surface area contributed by atoms with E-state index in [2.05, 4.69) is 0 Å². The van der Waals surface area contributed by atoms with E-state index in [1.807, 2.05) is 26.8 Å². The van der Waals surface area contributed by atoms with Crippen molar-refractivity contribution in [3.8, 4) is 0 Å². The summed E-state index contributed by atoms with van der Waals surface area (Å²) in [7, 11) is 1.74. The van der Waals surface area contributed by atoms with Gasteiger partial charge in [0.2, 0.25) is 0 Å². The number of ether oxygens (including phenoxy) is 1. The van der Waals surface area contributed by atoms with Crippen LogP contribution in [0.3, 0.4) is 0 Å². The van der Waals surface area contributed by atoms with E-state index in [4.69, 9.17) is 4.74 Å². The number of amides is 1. The van der Waals surface area contributed by atoms with Gasteiger partial charge in [-0.1, -0.05) is 0 Å². The van der Waals surface area contributed by atoms with E-state index < -0.39 is 5.60 Å². The zero-order valence-corrected chi connectivity index (χ0v) is 12.1. The average molecular weight is 264 g/mol. The molecular weight excluding hydrogens is 244 g/mol. The Kier molecular flexibility index (Phi) is 3.16. The summed E-state index contributed by atoms with van der Waals surface area (Å²) in [6.07, 6.45) is -0.339. The molecule has 2 rings (SSSR count). The summed E-state index contributed by atoms with van der Waals surface area (Å²) in [5.74, 6) is 0. The quantitative estimate of drug-likeness (QED) is 0.719. The molecule has 0 radical (unpaired) electrons. The number of hydrogen-bond donors (Lipinski definition) is 0. The van der Waals surface area contributed by atoms with Gasteiger partial charge in [-0.2, -0.15) is 0 Å². The standard InChI is InChI=1S/C14H20N2O3/c1-9-6-10-7-16(13(18)19-14(2,3)4)8-11(10)15(5)12(9)17/h6H,7-8H2,1-5H3. The fourth-order valence-corrected chi connectivity index (χ4v) is 2.25. The van der Waals surface area contributed by atoms with Crippen molar-refractivity contribution in [2.45, 2.75) is 46.4 Å².